The summed E-state index contributed by atoms with van der Waals surface area (Å²) in [6.45, 7) is 5.92. The van der Waals surface area contributed by atoms with Crippen LogP contribution in [0.15, 0.2) is 36.4 Å². The molecule has 0 saturated carbocycles. The number of carbonyl (C=O) groups is 1. The van der Waals surface area contributed by atoms with Gasteiger partial charge in [0, 0.05) is 11.8 Å². The number of nitrogens with one attached hydrogen (secondary N) is 2. The van der Waals surface area contributed by atoms with Gasteiger partial charge in [0.25, 0.3) is 0 Å². The third-order valence-corrected chi connectivity index (χ3v) is 3.95. The second-order valence-corrected chi connectivity index (χ2v) is 5.72. The summed E-state index contributed by atoms with van der Waals surface area (Å²) in [5.41, 5.74) is 3.90. The van der Waals surface area contributed by atoms with E-state index in [-0.39, 0.29) is 5.91 Å². The predicted octanol–water partition coefficient (Wildman–Crippen LogP) is 3.76. The summed E-state index contributed by atoms with van der Waals surface area (Å²) in [5, 5.41) is 6.09. The molecule has 1 atom stereocenters. The highest BCUT2D eigenvalue weighted by molar-refractivity contribution is 5.97. The first kappa shape index (κ1) is 17.7. The largest absolute Gasteiger partial charge is 0.497 e. The van der Waals surface area contributed by atoms with Crippen LogP contribution in [0.25, 0.3) is 0 Å². The lowest BCUT2D eigenvalue weighted by atomic mass is 10.1. The zero-order chi connectivity index (χ0) is 17.7. The summed E-state index contributed by atoms with van der Waals surface area (Å²) in [6.07, 6.45) is 0. The van der Waals surface area contributed by atoms with Gasteiger partial charge in [-0.25, -0.2) is 0 Å². The minimum atomic E-state index is -0.400. The van der Waals surface area contributed by atoms with Gasteiger partial charge in [0.15, 0.2) is 0 Å². The van der Waals surface area contributed by atoms with Crippen molar-refractivity contribution in [2.45, 2.75) is 26.8 Å². The molecule has 0 aliphatic heterocycles. The molecule has 5 heteroatoms. The Bertz CT molecular complexity index is 729. The Morgan fingerprint density at radius 1 is 1.00 bits per heavy atom. The van der Waals surface area contributed by atoms with Crippen LogP contribution >= 0.6 is 0 Å². The number of hydrogen-bond acceptors (Lipinski definition) is 4. The molecule has 0 saturated heterocycles. The van der Waals surface area contributed by atoms with Gasteiger partial charge in [-0.3, -0.25) is 4.79 Å². The molecule has 0 aliphatic carbocycles. The van der Waals surface area contributed by atoms with E-state index in [0.29, 0.717) is 17.2 Å². The average Bonchev–Trinajstić information content (AvgIpc) is 2.58. The molecular weight excluding hydrogens is 304 g/mol. The Morgan fingerprint density at radius 2 is 1.75 bits per heavy atom. The first-order valence-corrected chi connectivity index (χ1v) is 7.81. The smallest absolute Gasteiger partial charge is 0.246 e. The third-order valence-electron chi connectivity index (χ3n) is 3.95. The molecule has 128 valence electrons. The number of ether oxygens (including phenoxy) is 2. The summed E-state index contributed by atoms with van der Waals surface area (Å²) < 4.78 is 10.5. The van der Waals surface area contributed by atoms with Crippen molar-refractivity contribution in [1.29, 1.82) is 0 Å². The normalized spacial score (nSPS) is 11.5. The van der Waals surface area contributed by atoms with Gasteiger partial charge in [-0.2, -0.15) is 0 Å². The summed E-state index contributed by atoms with van der Waals surface area (Å²) in [6, 6.07) is 10.9. The van der Waals surface area contributed by atoms with Crippen LogP contribution in [-0.2, 0) is 4.79 Å². The molecule has 2 N–H and O–H groups in total. The highest BCUT2D eigenvalue weighted by Crippen LogP contribution is 2.29. The molecule has 0 radical (unpaired) electrons. The van der Waals surface area contributed by atoms with Crippen LogP contribution in [0.2, 0.25) is 0 Å². The molecule has 1 amide bonds. The van der Waals surface area contributed by atoms with Crippen molar-refractivity contribution in [3.63, 3.8) is 0 Å². The second kappa shape index (κ2) is 7.73. The molecule has 2 aromatic rings. The lowest BCUT2D eigenvalue weighted by Crippen LogP contribution is -2.32. The zero-order valence-corrected chi connectivity index (χ0v) is 14.8. The number of rotatable bonds is 6. The number of anilines is 2. The van der Waals surface area contributed by atoms with Crippen LogP contribution in [0.1, 0.15) is 18.1 Å². The van der Waals surface area contributed by atoms with Gasteiger partial charge in [-0.05, 0) is 56.2 Å². The minimum absolute atomic E-state index is 0.153. The van der Waals surface area contributed by atoms with Gasteiger partial charge < -0.3 is 20.1 Å². The standard InChI is InChI=1S/C19H24N2O3/c1-12-6-7-15(10-13(12)2)20-14(3)19(22)21-17-11-16(23-4)8-9-18(17)24-5/h6-11,14,20H,1-5H3,(H,21,22). The molecule has 0 fully saturated rings. The molecular formula is C19H24N2O3. The molecule has 5 nitrogen and oxygen atoms in total. The van der Waals surface area contributed by atoms with Gasteiger partial charge in [0.1, 0.15) is 17.5 Å². The molecule has 2 aromatic carbocycles. The maximum absolute atomic E-state index is 12.5. The van der Waals surface area contributed by atoms with E-state index in [1.165, 1.54) is 11.1 Å². The van der Waals surface area contributed by atoms with Crippen molar-refractivity contribution in [1.82, 2.24) is 0 Å². The number of benzene rings is 2. The average molecular weight is 328 g/mol. The second-order valence-electron chi connectivity index (χ2n) is 5.72. The van der Waals surface area contributed by atoms with E-state index in [2.05, 4.69) is 17.6 Å². The summed E-state index contributed by atoms with van der Waals surface area (Å²) in [5.74, 6) is 1.09. The molecule has 2 rings (SSSR count). The Morgan fingerprint density at radius 3 is 2.38 bits per heavy atom. The van der Waals surface area contributed by atoms with Crippen molar-refractivity contribution < 1.29 is 14.3 Å². The van der Waals surface area contributed by atoms with E-state index in [1.807, 2.05) is 32.0 Å². The van der Waals surface area contributed by atoms with Crippen LogP contribution in [0.4, 0.5) is 11.4 Å². The number of amides is 1. The van der Waals surface area contributed by atoms with Gasteiger partial charge >= 0.3 is 0 Å². The number of carbonyl (C=O) groups excluding carboxylic acids is 1. The summed E-state index contributed by atoms with van der Waals surface area (Å²) in [7, 11) is 3.14. The van der Waals surface area contributed by atoms with E-state index >= 15 is 0 Å². The van der Waals surface area contributed by atoms with Crippen LogP contribution < -0.4 is 20.1 Å². The Balaban J connectivity index is 2.09. The minimum Gasteiger partial charge on any atom is -0.497 e. The van der Waals surface area contributed by atoms with Gasteiger partial charge in [-0.15, -0.1) is 0 Å². The lowest BCUT2D eigenvalue weighted by Gasteiger charge is -2.17. The maximum atomic E-state index is 12.5. The summed E-state index contributed by atoms with van der Waals surface area (Å²) >= 11 is 0. The van der Waals surface area contributed by atoms with Crippen molar-refractivity contribution in [2.24, 2.45) is 0 Å². The fourth-order valence-corrected chi connectivity index (χ4v) is 2.30. The predicted molar refractivity (Wildman–Crippen MR) is 97.2 cm³/mol. The van der Waals surface area contributed by atoms with E-state index < -0.39 is 6.04 Å². The highest BCUT2D eigenvalue weighted by Gasteiger charge is 2.15. The lowest BCUT2D eigenvalue weighted by molar-refractivity contribution is -0.116. The summed E-state index contributed by atoms with van der Waals surface area (Å²) in [4.78, 5) is 12.5. The van der Waals surface area contributed by atoms with Crippen LogP contribution in [0.3, 0.4) is 0 Å². The van der Waals surface area contributed by atoms with Crippen molar-refractivity contribution in [3.8, 4) is 11.5 Å². The molecule has 0 aromatic heterocycles. The zero-order valence-electron chi connectivity index (χ0n) is 14.8. The van der Waals surface area contributed by atoms with Crippen LogP contribution in [-0.4, -0.2) is 26.2 Å². The van der Waals surface area contributed by atoms with Crippen molar-refractivity contribution >= 4 is 17.3 Å². The van der Waals surface area contributed by atoms with E-state index in [0.717, 1.165) is 5.69 Å². The van der Waals surface area contributed by atoms with Gasteiger partial charge in [0.2, 0.25) is 5.91 Å². The molecule has 24 heavy (non-hydrogen) atoms. The SMILES string of the molecule is COc1ccc(OC)c(NC(=O)C(C)Nc2ccc(C)c(C)c2)c1. The highest BCUT2D eigenvalue weighted by atomic mass is 16.5. The van der Waals surface area contributed by atoms with Crippen LogP contribution in [0.5, 0.6) is 11.5 Å². The van der Waals surface area contributed by atoms with Crippen molar-refractivity contribution in [2.75, 3.05) is 24.9 Å². The topological polar surface area (TPSA) is 59.6 Å². The first-order chi connectivity index (χ1) is 11.4. The van der Waals surface area contributed by atoms with E-state index in [9.17, 15) is 4.79 Å². The van der Waals surface area contributed by atoms with Gasteiger partial charge in [-0.1, -0.05) is 6.07 Å². The third kappa shape index (κ3) is 4.19. The quantitative estimate of drug-likeness (QED) is 0.847. The maximum Gasteiger partial charge on any atom is 0.246 e. The molecule has 0 heterocycles. The molecule has 0 aliphatic rings. The van der Waals surface area contributed by atoms with E-state index in [1.54, 1.807) is 32.4 Å². The van der Waals surface area contributed by atoms with Crippen LogP contribution in [0, 0.1) is 13.8 Å². The molecule has 1 unspecified atom stereocenters. The molecule has 0 spiro atoms. The monoisotopic (exact) mass is 328 g/mol. The fraction of sp³-hybridized carbons (Fsp3) is 0.316. The van der Waals surface area contributed by atoms with Crippen molar-refractivity contribution in [3.05, 3.63) is 47.5 Å². The number of methoxy groups -OCH3 is 2. The van der Waals surface area contributed by atoms with E-state index in [4.69, 9.17) is 9.47 Å². The number of aryl methyl sites for hydroxylation is 2. The fourth-order valence-electron chi connectivity index (χ4n) is 2.30. The Labute approximate surface area is 143 Å². The van der Waals surface area contributed by atoms with Gasteiger partial charge in [0.05, 0.1) is 19.9 Å². The first-order valence-electron chi connectivity index (χ1n) is 7.81. The Kier molecular flexibility index (Phi) is 5.68. The molecule has 0 bridgehead atoms. The number of hydrogen-bond donors (Lipinski definition) is 2. The Hall–Kier alpha value is -2.69.